The third-order valence-corrected chi connectivity index (χ3v) is 6.50. The molecule has 2 fully saturated rings. The number of nitrogens with one attached hydrogen (secondary N) is 1. The van der Waals surface area contributed by atoms with E-state index < -0.39 is 5.41 Å². The number of amides is 2. The topological polar surface area (TPSA) is 125 Å². The minimum Gasteiger partial charge on any atom is -0.395 e. The lowest BCUT2D eigenvalue weighted by molar-refractivity contribution is -0.133. The maximum atomic E-state index is 13.1. The molecule has 3 unspecified atom stereocenters. The summed E-state index contributed by atoms with van der Waals surface area (Å²) in [7, 11) is 0. The molecule has 10 heteroatoms. The van der Waals surface area contributed by atoms with Gasteiger partial charge in [0.25, 0.3) is 5.95 Å². The van der Waals surface area contributed by atoms with Gasteiger partial charge in [0.05, 0.1) is 24.3 Å². The van der Waals surface area contributed by atoms with Gasteiger partial charge in [0.2, 0.25) is 11.8 Å². The van der Waals surface area contributed by atoms with Crippen molar-refractivity contribution in [1.82, 2.24) is 29.8 Å². The van der Waals surface area contributed by atoms with E-state index in [1.165, 1.54) is 17.8 Å². The molecule has 2 aromatic rings. The first-order valence-electron chi connectivity index (χ1n) is 11.2. The number of rotatable bonds is 6. The number of hydrogen-bond acceptors (Lipinski definition) is 7. The van der Waals surface area contributed by atoms with Crippen LogP contribution in [-0.2, 0) is 15.0 Å². The van der Waals surface area contributed by atoms with Crippen LogP contribution in [0.2, 0.25) is 0 Å². The first-order chi connectivity index (χ1) is 15.3. The lowest BCUT2D eigenvalue weighted by Gasteiger charge is -2.38. The highest BCUT2D eigenvalue weighted by Crippen LogP contribution is 2.29. The van der Waals surface area contributed by atoms with Crippen LogP contribution in [0.15, 0.2) is 17.4 Å². The summed E-state index contributed by atoms with van der Waals surface area (Å²) in [4.78, 5) is 39.6. The van der Waals surface area contributed by atoms with Crippen LogP contribution in [-0.4, -0.2) is 72.9 Å². The first kappa shape index (κ1) is 22.3. The lowest BCUT2D eigenvalue weighted by Crippen LogP contribution is -2.53. The highest BCUT2D eigenvalue weighted by molar-refractivity contribution is 5.95. The fourth-order valence-electron chi connectivity index (χ4n) is 4.57. The molecular weight excluding hydrogens is 410 g/mol. The van der Waals surface area contributed by atoms with Crippen LogP contribution < -0.4 is 5.32 Å². The average molecular weight is 442 g/mol. The second-order valence-corrected chi connectivity index (χ2v) is 9.38. The number of aliphatic hydroxyl groups excluding tert-OH is 1. The summed E-state index contributed by atoms with van der Waals surface area (Å²) in [5.41, 5.74) is 0.769. The molecule has 0 spiro atoms. The van der Waals surface area contributed by atoms with Gasteiger partial charge < -0.3 is 15.3 Å². The molecule has 0 aromatic carbocycles. The van der Waals surface area contributed by atoms with Gasteiger partial charge in [0.15, 0.2) is 5.65 Å². The minimum absolute atomic E-state index is 0.0137. The van der Waals surface area contributed by atoms with Crippen molar-refractivity contribution in [3.8, 4) is 0 Å². The largest absolute Gasteiger partial charge is 0.395 e. The number of aromatic nitrogens is 4. The molecule has 2 N–H and O–H groups in total. The molecule has 1 saturated carbocycles. The minimum atomic E-state index is -0.513. The third kappa shape index (κ3) is 4.36. The van der Waals surface area contributed by atoms with E-state index in [4.69, 9.17) is 0 Å². The van der Waals surface area contributed by atoms with Crippen molar-refractivity contribution in [3.05, 3.63) is 18.1 Å². The maximum Gasteiger partial charge on any atom is 0.253 e. The molecule has 4 rings (SSSR count). The molecular formula is C22H31N7O3. The Hall–Kier alpha value is -2.88. The van der Waals surface area contributed by atoms with Crippen molar-refractivity contribution in [3.63, 3.8) is 0 Å². The van der Waals surface area contributed by atoms with Crippen LogP contribution in [0.4, 0.5) is 5.95 Å². The van der Waals surface area contributed by atoms with Crippen molar-refractivity contribution in [2.75, 3.05) is 13.2 Å². The molecule has 172 valence electrons. The fourth-order valence-corrected chi connectivity index (χ4v) is 4.57. The number of carbonyl (C=O) groups excluding carboxylic acids is 2. The molecule has 2 amide bonds. The van der Waals surface area contributed by atoms with Crippen molar-refractivity contribution < 1.29 is 14.7 Å². The van der Waals surface area contributed by atoms with Crippen LogP contribution in [0.1, 0.15) is 58.6 Å². The van der Waals surface area contributed by atoms with Crippen molar-refractivity contribution >= 4 is 29.6 Å². The van der Waals surface area contributed by atoms with E-state index in [1.807, 2.05) is 24.8 Å². The number of hydrogen-bond donors (Lipinski definition) is 2. The van der Waals surface area contributed by atoms with Gasteiger partial charge in [-0.05, 0) is 19.3 Å². The number of likely N-dealkylation sites (tertiary alicyclic amines) is 1. The van der Waals surface area contributed by atoms with Gasteiger partial charge in [0.1, 0.15) is 6.33 Å². The van der Waals surface area contributed by atoms with Gasteiger partial charge in [-0.1, -0.05) is 26.7 Å². The van der Waals surface area contributed by atoms with Crippen LogP contribution in [0.5, 0.6) is 0 Å². The molecule has 32 heavy (non-hydrogen) atoms. The number of nitrogens with zero attached hydrogens (tertiary/aromatic N) is 6. The van der Waals surface area contributed by atoms with Crippen molar-refractivity contribution in [2.45, 2.75) is 70.4 Å². The van der Waals surface area contributed by atoms with Gasteiger partial charge in [-0.25, -0.2) is 9.98 Å². The second-order valence-electron chi connectivity index (χ2n) is 9.38. The molecule has 3 atom stereocenters. The molecule has 0 bridgehead atoms. The Morgan fingerprint density at radius 1 is 1.31 bits per heavy atom. The average Bonchev–Trinajstić information content (AvgIpc) is 3.37. The van der Waals surface area contributed by atoms with E-state index >= 15 is 0 Å². The number of fused-ring (bicyclic) bond motifs is 1. The Kier molecular flexibility index (Phi) is 6.23. The van der Waals surface area contributed by atoms with E-state index in [2.05, 4.69) is 25.4 Å². The fraction of sp³-hybridized carbons (Fsp3) is 0.636. The highest BCUT2D eigenvalue weighted by atomic mass is 16.3. The standard InChI is InChI=1S/C22H31N7O3/c1-14(31)26-16-6-4-5-7-17(16)28-9-8-15(20(28)32)11-23-21-25-13-24-19-10-18(27-29(19)21)22(2,3)12-30/h10-11,13,15-17,30H,4-9,12H2,1-3H3,(H,26,31). The van der Waals surface area contributed by atoms with E-state index in [-0.39, 0.29) is 36.4 Å². The van der Waals surface area contributed by atoms with Crippen molar-refractivity contribution in [2.24, 2.45) is 10.9 Å². The van der Waals surface area contributed by atoms with Gasteiger partial charge >= 0.3 is 0 Å². The van der Waals surface area contributed by atoms with Gasteiger partial charge in [-0.15, -0.1) is 0 Å². The zero-order chi connectivity index (χ0) is 22.9. The van der Waals surface area contributed by atoms with Crippen LogP contribution in [0.3, 0.4) is 0 Å². The Morgan fingerprint density at radius 3 is 2.84 bits per heavy atom. The SMILES string of the molecule is CC(=O)NC1CCCCC1N1CCC(C=Nc2ncnc3cc(C(C)(C)CO)nn23)C1=O. The van der Waals surface area contributed by atoms with Crippen LogP contribution in [0, 0.1) is 5.92 Å². The monoisotopic (exact) mass is 441 g/mol. The molecule has 1 aliphatic heterocycles. The van der Waals surface area contributed by atoms with Crippen LogP contribution >= 0.6 is 0 Å². The summed E-state index contributed by atoms with van der Waals surface area (Å²) in [6.07, 6.45) is 7.69. The first-order valence-corrected chi connectivity index (χ1v) is 11.2. The molecule has 1 saturated heterocycles. The van der Waals surface area contributed by atoms with E-state index in [0.29, 0.717) is 30.3 Å². The zero-order valence-electron chi connectivity index (χ0n) is 18.9. The molecule has 3 heterocycles. The molecule has 1 aliphatic carbocycles. The number of carbonyl (C=O) groups is 2. The summed E-state index contributed by atoms with van der Waals surface area (Å²) >= 11 is 0. The molecule has 0 radical (unpaired) electrons. The maximum absolute atomic E-state index is 13.1. The van der Waals surface area contributed by atoms with E-state index in [1.54, 1.807) is 6.21 Å². The predicted octanol–water partition coefficient (Wildman–Crippen LogP) is 1.39. The third-order valence-electron chi connectivity index (χ3n) is 6.50. The smallest absolute Gasteiger partial charge is 0.253 e. The molecule has 10 nitrogen and oxygen atoms in total. The summed E-state index contributed by atoms with van der Waals surface area (Å²) in [5.74, 6) is 0.00476. The van der Waals surface area contributed by atoms with Crippen molar-refractivity contribution in [1.29, 1.82) is 0 Å². The Balaban J connectivity index is 1.51. The van der Waals surface area contributed by atoms with E-state index in [9.17, 15) is 14.7 Å². The number of aliphatic imine (C=N–C) groups is 1. The summed E-state index contributed by atoms with van der Waals surface area (Å²) in [6, 6.07) is 1.86. The summed E-state index contributed by atoms with van der Waals surface area (Å²) in [5, 5.41) is 17.2. The van der Waals surface area contributed by atoms with Crippen LogP contribution in [0.25, 0.3) is 5.65 Å². The highest BCUT2D eigenvalue weighted by Gasteiger charge is 2.39. The van der Waals surface area contributed by atoms with E-state index in [0.717, 1.165) is 25.7 Å². The molecule has 2 aromatic heterocycles. The Morgan fingerprint density at radius 2 is 2.09 bits per heavy atom. The van der Waals surface area contributed by atoms with Gasteiger partial charge in [-0.2, -0.15) is 14.6 Å². The second kappa shape index (κ2) is 8.93. The lowest BCUT2D eigenvalue weighted by atomic mass is 9.89. The Bertz CT molecular complexity index is 1030. The van der Waals surface area contributed by atoms with Gasteiger partial charge in [0, 0.05) is 37.2 Å². The summed E-state index contributed by atoms with van der Waals surface area (Å²) < 4.78 is 1.54. The normalized spacial score (nSPS) is 24.6. The number of aliphatic hydroxyl groups is 1. The Labute approximate surface area is 187 Å². The molecule has 2 aliphatic rings. The predicted molar refractivity (Wildman–Crippen MR) is 119 cm³/mol. The van der Waals surface area contributed by atoms with Gasteiger partial charge in [-0.3, -0.25) is 9.59 Å². The zero-order valence-corrected chi connectivity index (χ0v) is 18.9. The summed E-state index contributed by atoms with van der Waals surface area (Å²) in [6.45, 7) is 5.94. The quantitative estimate of drug-likeness (QED) is 0.653.